The van der Waals surface area contributed by atoms with Crippen molar-refractivity contribution in [1.82, 2.24) is 5.16 Å². The molecule has 1 aromatic carbocycles. The van der Waals surface area contributed by atoms with E-state index in [2.05, 4.69) is 10.3 Å². The number of hydrogen-bond acceptors (Lipinski definition) is 4. The average Bonchev–Trinajstić information content (AvgIpc) is 2.62. The first kappa shape index (κ1) is 8.55. The molecule has 1 aromatic heterocycles. The van der Waals surface area contributed by atoms with Gasteiger partial charge in [0.15, 0.2) is 5.58 Å². The van der Waals surface area contributed by atoms with Crippen LogP contribution in [0.4, 0.5) is 0 Å². The van der Waals surface area contributed by atoms with Crippen molar-refractivity contribution in [3.63, 3.8) is 0 Å². The summed E-state index contributed by atoms with van der Waals surface area (Å²) in [6.45, 7) is 0. The van der Waals surface area contributed by atoms with Crippen LogP contribution in [0.25, 0.3) is 11.0 Å². The number of para-hydroxylation sites is 1. The molecule has 0 saturated heterocycles. The molecule has 0 aliphatic heterocycles. The number of fused-ring (bicyclic) bond motifs is 1. The maximum atomic E-state index is 10.8. The number of rotatable bonds is 2. The Labute approximate surface area is 78.7 Å². The lowest BCUT2D eigenvalue weighted by Gasteiger charge is -1.88. The largest absolute Gasteiger partial charge is 0.356 e. The van der Waals surface area contributed by atoms with Gasteiger partial charge in [-0.3, -0.25) is 4.79 Å². The molecule has 1 amide bonds. The summed E-state index contributed by atoms with van der Waals surface area (Å²) in [5, 5.41) is 6.73. The maximum Gasteiger partial charge on any atom is 0.292 e. The third kappa shape index (κ3) is 1.39. The Morgan fingerprint density at radius 2 is 2.21 bits per heavy atom. The van der Waals surface area contributed by atoms with Gasteiger partial charge in [0.2, 0.25) is 0 Å². The molecular weight excluding hydrogens is 184 g/mol. The smallest absolute Gasteiger partial charge is 0.292 e. The lowest BCUT2D eigenvalue weighted by molar-refractivity contribution is -0.117. The Balaban J connectivity index is 2.43. The zero-order valence-electron chi connectivity index (χ0n) is 7.14. The number of benzene rings is 1. The van der Waals surface area contributed by atoms with E-state index in [-0.39, 0.29) is 6.42 Å². The van der Waals surface area contributed by atoms with Gasteiger partial charge in [-0.15, -0.1) is 4.91 Å². The zero-order chi connectivity index (χ0) is 9.97. The van der Waals surface area contributed by atoms with E-state index in [4.69, 9.17) is 4.52 Å². The molecule has 0 fully saturated rings. The molecule has 0 saturated carbocycles. The highest BCUT2D eigenvalue weighted by atomic mass is 16.5. The molecule has 5 nitrogen and oxygen atoms in total. The minimum absolute atomic E-state index is 0.111. The predicted molar refractivity (Wildman–Crippen MR) is 48.5 cm³/mol. The van der Waals surface area contributed by atoms with Crippen LogP contribution in [0, 0.1) is 4.91 Å². The highest BCUT2D eigenvalue weighted by Gasteiger charge is 2.11. The highest BCUT2D eigenvalue weighted by molar-refractivity contribution is 5.86. The molecule has 2 rings (SSSR count). The Morgan fingerprint density at radius 1 is 1.43 bits per heavy atom. The molecule has 0 radical (unpaired) electrons. The van der Waals surface area contributed by atoms with E-state index in [1.807, 2.05) is 6.07 Å². The molecule has 0 aliphatic rings. The number of carbonyl (C=O) groups is 1. The van der Waals surface area contributed by atoms with Gasteiger partial charge in [-0.2, -0.15) is 0 Å². The summed E-state index contributed by atoms with van der Waals surface area (Å²) in [6, 6.07) is 7.13. The van der Waals surface area contributed by atoms with Crippen LogP contribution in [-0.4, -0.2) is 11.1 Å². The minimum atomic E-state index is -0.746. The lowest BCUT2D eigenvalue weighted by Crippen LogP contribution is -1.97. The van der Waals surface area contributed by atoms with E-state index in [0.717, 1.165) is 5.39 Å². The summed E-state index contributed by atoms with van der Waals surface area (Å²) < 4.78 is 4.95. The van der Waals surface area contributed by atoms with E-state index in [9.17, 15) is 9.70 Å². The minimum Gasteiger partial charge on any atom is -0.356 e. The summed E-state index contributed by atoms with van der Waals surface area (Å²) in [5.41, 5.74) is 1.05. The van der Waals surface area contributed by atoms with Gasteiger partial charge in [-0.1, -0.05) is 17.3 Å². The van der Waals surface area contributed by atoms with Crippen molar-refractivity contribution >= 4 is 16.9 Å². The van der Waals surface area contributed by atoms with Crippen LogP contribution < -0.4 is 0 Å². The number of carbonyl (C=O) groups excluding carboxylic acids is 1. The van der Waals surface area contributed by atoms with Gasteiger partial charge in [-0.25, -0.2) is 0 Å². The summed E-state index contributed by atoms with van der Waals surface area (Å²) in [7, 11) is 0. The quantitative estimate of drug-likeness (QED) is 0.675. The third-order valence-corrected chi connectivity index (χ3v) is 1.87. The van der Waals surface area contributed by atoms with Crippen molar-refractivity contribution in [2.24, 2.45) is 5.18 Å². The van der Waals surface area contributed by atoms with E-state index in [1.54, 1.807) is 18.2 Å². The molecule has 0 atom stereocenters. The van der Waals surface area contributed by atoms with Crippen LogP contribution >= 0.6 is 0 Å². The molecule has 0 N–H and O–H groups in total. The van der Waals surface area contributed by atoms with Crippen molar-refractivity contribution in [2.45, 2.75) is 6.42 Å². The predicted octanol–water partition coefficient (Wildman–Crippen LogP) is 1.66. The molecule has 0 spiro atoms. The Bertz CT molecular complexity index is 490. The zero-order valence-corrected chi connectivity index (χ0v) is 7.14. The fourth-order valence-corrected chi connectivity index (χ4v) is 1.24. The topological polar surface area (TPSA) is 72.5 Å². The molecule has 5 heteroatoms. The van der Waals surface area contributed by atoms with Crippen molar-refractivity contribution in [2.75, 3.05) is 0 Å². The second-order valence-electron chi connectivity index (χ2n) is 2.79. The van der Waals surface area contributed by atoms with Gasteiger partial charge in [0.25, 0.3) is 5.91 Å². The van der Waals surface area contributed by atoms with E-state index >= 15 is 0 Å². The first-order valence-electron chi connectivity index (χ1n) is 4.01. The first-order valence-corrected chi connectivity index (χ1v) is 4.01. The Kier molecular flexibility index (Phi) is 2.06. The van der Waals surface area contributed by atoms with Gasteiger partial charge in [-0.05, 0) is 12.1 Å². The van der Waals surface area contributed by atoms with Gasteiger partial charge in [0, 0.05) is 10.6 Å². The molecular formula is C9H6N2O3. The number of hydrogen-bond donors (Lipinski definition) is 0. The molecule has 0 bridgehead atoms. The Morgan fingerprint density at radius 3 is 3.00 bits per heavy atom. The second kappa shape index (κ2) is 3.37. The summed E-state index contributed by atoms with van der Waals surface area (Å²) in [5.74, 6) is -0.746. The van der Waals surface area contributed by atoms with Crippen LogP contribution in [0.2, 0.25) is 0 Å². The first-order chi connectivity index (χ1) is 6.81. The van der Waals surface area contributed by atoms with Crippen molar-refractivity contribution in [3.05, 3.63) is 34.9 Å². The standard InChI is InChI=1S/C9H6N2O3/c12-9(10-13)5-7-6-3-1-2-4-8(6)14-11-7/h1-4H,5H2. The van der Waals surface area contributed by atoms with Crippen LogP contribution in [0.5, 0.6) is 0 Å². The highest BCUT2D eigenvalue weighted by Crippen LogP contribution is 2.18. The van der Waals surface area contributed by atoms with Crippen LogP contribution in [-0.2, 0) is 11.2 Å². The van der Waals surface area contributed by atoms with Gasteiger partial charge >= 0.3 is 0 Å². The monoisotopic (exact) mass is 190 g/mol. The van der Waals surface area contributed by atoms with Crippen molar-refractivity contribution in [1.29, 1.82) is 0 Å². The summed E-state index contributed by atoms with van der Waals surface area (Å²) in [4.78, 5) is 20.7. The fraction of sp³-hybridized carbons (Fsp3) is 0.111. The number of aromatic nitrogens is 1. The van der Waals surface area contributed by atoms with E-state index in [1.165, 1.54) is 0 Å². The van der Waals surface area contributed by atoms with Crippen molar-refractivity contribution in [3.8, 4) is 0 Å². The molecule has 2 aromatic rings. The van der Waals surface area contributed by atoms with Gasteiger partial charge in [0.1, 0.15) is 5.69 Å². The van der Waals surface area contributed by atoms with E-state index < -0.39 is 5.91 Å². The molecule has 14 heavy (non-hydrogen) atoms. The van der Waals surface area contributed by atoms with Gasteiger partial charge < -0.3 is 4.52 Å². The van der Waals surface area contributed by atoms with Crippen LogP contribution in [0.3, 0.4) is 0 Å². The molecule has 70 valence electrons. The molecule has 0 unspecified atom stereocenters. The SMILES string of the molecule is O=NC(=O)Cc1noc2ccccc12. The van der Waals surface area contributed by atoms with E-state index in [0.29, 0.717) is 11.3 Å². The average molecular weight is 190 g/mol. The van der Waals surface area contributed by atoms with Crippen LogP contribution in [0.15, 0.2) is 34.0 Å². The van der Waals surface area contributed by atoms with Gasteiger partial charge in [0.05, 0.1) is 6.42 Å². The summed E-state index contributed by atoms with van der Waals surface area (Å²) >= 11 is 0. The fourth-order valence-electron chi connectivity index (χ4n) is 1.24. The molecule has 1 heterocycles. The second-order valence-corrected chi connectivity index (χ2v) is 2.79. The third-order valence-electron chi connectivity index (χ3n) is 1.87. The van der Waals surface area contributed by atoms with Crippen molar-refractivity contribution < 1.29 is 9.32 Å². The lowest BCUT2D eigenvalue weighted by atomic mass is 10.2. The molecule has 0 aliphatic carbocycles. The normalized spacial score (nSPS) is 10.3. The Hall–Kier alpha value is -2.04. The van der Waals surface area contributed by atoms with Crippen LogP contribution in [0.1, 0.15) is 5.69 Å². The summed E-state index contributed by atoms with van der Waals surface area (Å²) in [6.07, 6.45) is -0.111. The maximum absolute atomic E-state index is 10.8. The number of nitrogens with zero attached hydrogens (tertiary/aromatic N) is 2. The number of nitroso groups, excluding NO2 is 1. The number of amides is 1.